The Balaban J connectivity index is 2.99. The number of rotatable bonds is 5. The highest BCUT2D eigenvalue weighted by Gasteiger charge is 2.26. The number of ether oxygens (including phenoxy) is 2. The summed E-state index contributed by atoms with van der Waals surface area (Å²) in [6.45, 7) is 2.84. The molecule has 0 aliphatic carbocycles. The van der Waals surface area contributed by atoms with Crippen LogP contribution < -0.4 is 9.47 Å². The van der Waals surface area contributed by atoms with E-state index in [0.717, 1.165) is 0 Å². The van der Waals surface area contributed by atoms with E-state index in [1.165, 1.54) is 28.1 Å². The molecule has 0 atom stereocenters. The van der Waals surface area contributed by atoms with Crippen LogP contribution in [0.2, 0.25) is 0 Å². The summed E-state index contributed by atoms with van der Waals surface area (Å²) in [5, 5.41) is 1.10. The largest absolute Gasteiger partial charge is 0.493 e. The summed E-state index contributed by atoms with van der Waals surface area (Å²) < 4.78 is 16.2. The Morgan fingerprint density at radius 2 is 1.86 bits per heavy atom. The monoisotopic (exact) mass is 354 g/mol. The maximum absolute atomic E-state index is 12.0. The molecule has 21 heavy (non-hydrogen) atoms. The fourth-order valence-corrected chi connectivity index (χ4v) is 2.89. The molecule has 0 saturated carbocycles. The highest BCUT2D eigenvalue weighted by Crippen LogP contribution is 2.41. The predicted octanol–water partition coefficient (Wildman–Crippen LogP) is 3.75. The number of benzene rings is 1. The molecule has 0 saturated heterocycles. The molecule has 0 aliphatic heterocycles. The lowest BCUT2D eigenvalue weighted by Crippen LogP contribution is -2.01. The minimum Gasteiger partial charge on any atom is -0.493 e. The Bertz CT molecular complexity index is 729. The fraction of sp³-hybridized carbons (Fsp3) is 0.333. The topological polar surface area (TPSA) is 65.7 Å². The molecular formula is C15H15BrO5. The van der Waals surface area contributed by atoms with Crippen molar-refractivity contribution in [3.63, 3.8) is 0 Å². The highest BCUT2D eigenvalue weighted by atomic mass is 79.9. The molecule has 2 aromatic rings. The lowest BCUT2D eigenvalue weighted by molar-refractivity contribution is 0.0981. The van der Waals surface area contributed by atoms with Gasteiger partial charge in [0.15, 0.2) is 28.8 Å². The second-order valence-electron chi connectivity index (χ2n) is 4.52. The SMILES string of the molecule is COc1cc2c(CBr)c(C(C)=O)oc2c(C(C)=O)c1OC. The number of ketones is 2. The summed E-state index contributed by atoms with van der Waals surface area (Å²) in [4.78, 5) is 23.7. The number of Topliss-reactive ketones (excluding diaryl/α,β-unsaturated/α-hetero) is 2. The third-order valence-corrected chi connectivity index (χ3v) is 3.79. The normalized spacial score (nSPS) is 10.7. The van der Waals surface area contributed by atoms with Gasteiger partial charge < -0.3 is 13.9 Å². The number of carbonyl (C=O) groups excluding carboxylic acids is 2. The number of hydrogen-bond donors (Lipinski definition) is 0. The second-order valence-corrected chi connectivity index (χ2v) is 5.08. The first-order valence-electron chi connectivity index (χ1n) is 6.24. The lowest BCUT2D eigenvalue weighted by atomic mass is 10.0. The van der Waals surface area contributed by atoms with E-state index in [9.17, 15) is 9.59 Å². The molecule has 112 valence electrons. The van der Waals surface area contributed by atoms with Gasteiger partial charge in [-0.05, 0) is 13.0 Å². The van der Waals surface area contributed by atoms with Gasteiger partial charge in [0, 0.05) is 23.2 Å². The van der Waals surface area contributed by atoms with Crippen LogP contribution in [0.3, 0.4) is 0 Å². The van der Waals surface area contributed by atoms with E-state index in [-0.39, 0.29) is 22.9 Å². The number of carbonyl (C=O) groups is 2. The van der Waals surface area contributed by atoms with Crippen molar-refractivity contribution in [3.05, 3.63) is 23.0 Å². The van der Waals surface area contributed by atoms with Crippen LogP contribution in [-0.4, -0.2) is 25.8 Å². The molecule has 0 fully saturated rings. The Labute approximate surface area is 130 Å². The number of hydrogen-bond acceptors (Lipinski definition) is 5. The highest BCUT2D eigenvalue weighted by molar-refractivity contribution is 9.08. The van der Waals surface area contributed by atoms with Crippen LogP contribution in [0.1, 0.15) is 40.3 Å². The van der Waals surface area contributed by atoms with Crippen LogP contribution in [0.15, 0.2) is 10.5 Å². The molecule has 0 aliphatic rings. The number of halogens is 1. The number of fused-ring (bicyclic) bond motifs is 1. The van der Waals surface area contributed by atoms with Gasteiger partial charge in [0.1, 0.15) is 11.1 Å². The Kier molecular flexibility index (Phi) is 4.37. The van der Waals surface area contributed by atoms with Crippen LogP contribution in [-0.2, 0) is 5.33 Å². The minimum atomic E-state index is -0.222. The van der Waals surface area contributed by atoms with Gasteiger partial charge in [-0.15, -0.1) is 0 Å². The Hall–Kier alpha value is -1.82. The van der Waals surface area contributed by atoms with Crippen molar-refractivity contribution in [2.24, 2.45) is 0 Å². The van der Waals surface area contributed by atoms with Crippen molar-refractivity contribution in [2.45, 2.75) is 19.2 Å². The van der Waals surface area contributed by atoms with Crippen molar-refractivity contribution in [2.75, 3.05) is 14.2 Å². The maximum atomic E-state index is 12.0. The van der Waals surface area contributed by atoms with Gasteiger partial charge in [-0.3, -0.25) is 9.59 Å². The van der Waals surface area contributed by atoms with E-state index in [1.807, 2.05) is 0 Å². The summed E-state index contributed by atoms with van der Waals surface area (Å²) in [7, 11) is 2.95. The maximum Gasteiger partial charge on any atom is 0.195 e. The summed E-state index contributed by atoms with van der Waals surface area (Å²) in [5.41, 5.74) is 1.32. The van der Waals surface area contributed by atoms with Crippen molar-refractivity contribution in [3.8, 4) is 11.5 Å². The van der Waals surface area contributed by atoms with E-state index in [4.69, 9.17) is 13.9 Å². The van der Waals surface area contributed by atoms with Crippen molar-refractivity contribution in [1.29, 1.82) is 0 Å². The number of alkyl halides is 1. The van der Waals surface area contributed by atoms with Gasteiger partial charge in [-0.25, -0.2) is 0 Å². The summed E-state index contributed by atoms with van der Waals surface area (Å²) >= 11 is 3.35. The van der Waals surface area contributed by atoms with Crippen LogP contribution in [0.4, 0.5) is 0 Å². The molecule has 1 heterocycles. The number of methoxy groups -OCH3 is 2. The third kappa shape index (κ3) is 2.44. The molecule has 2 rings (SSSR count). The van der Waals surface area contributed by atoms with E-state index >= 15 is 0 Å². The molecule has 6 heteroatoms. The van der Waals surface area contributed by atoms with Crippen molar-refractivity contribution < 1.29 is 23.5 Å². The van der Waals surface area contributed by atoms with Crippen LogP contribution in [0.5, 0.6) is 11.5 Å². The molecule has 0 amide bonds. The average molecular weight is 355 g/mol. The van der Waals surface area contributed by atoms with Crippen molar-refractivity contribution >= 4 is 38.5 Å². The standard InChI is InChI=1S/C15H15BrO5/c1-7(17)12-14-9(5-11(19-3)15(12)20-4)10(6-16)13(21-14)8(2)18/h5H,6H2,1-4H3. The summed E-state index contributed by atoms with van der Waals surface area (Å²) in [5.74, 6) is 0.546. The molecule has 0 radical (unpaired) electrons. The van der Waals surface area contributed by atoms with Crippen LogP contribution in [0, 0.1) is 0 Å². The smallest absolute Gasteiger partial charge is 0.195 e. The number of furan rings is 1. The van der Waals surface area contributed by atoms with E-state index < -0.39 is 0 Å². The van der Waals surface area contributed by atoms with Crippen LogP contribution in [0.25, 0.3) is 11.0 Å². The molecular weight excluding hydrogens is 340 g/mol. The van der Waals surface area contributed by atoms with Crippen molar-refractivity contribution in [1.82, 2.24) is 0 Å². The van der Waals surface area contributed by atoms with Gasteiger partial charge >= 0.3 is 0 Å². The van der Waals surface area contributed by atoms with Gasteiger partial charge in [0.25, 0.3) is 0 Å². The third-order valence-electron chi connectivity index (χ3n) is 3.23. The lowest BCUT2D eigenvalue weighted by Gasteiger charge is -2.11. The average Bonchev–Trinajstić information content (AvgIpc) is 2.82. The molecule has 0 unspecified atom stereocenters. The first-order chi connectivity index (χ1) is 9.96. The summed E-state index contributed by atoms with van der Waals surface area (Å²) in [6.07, 6.45) is 0. The van der Waals surface area contributed by atoms with E-state index in [0.29, 0.717) is 33.4 Å². The quantitative estimate of drug-likeness (QED) is 0.604. The Morgan fingerprint density at radius 1 is 1.19 bits per heavy atom. The van der Waals surface area contributed by atoms with E-state index in [2.05, 4.69) is 15.9 Å². The van der Waals surface area contributed by atoms with Gasteiger partial charge in [-0.1, -0.05) is 15.9 Å². The Morgan fingerprint density at radius 3 is 2.29 bits per heavy atom. The van der Waals surface area contributed by atoms with Gasteiger partial charge in [0.2, 0.25) is 0 Å². The van der Waals surface area contributed by atoms with E-state index in [1.54, 1.807) is 6.07 Å². The second kappa shape index (κ2) is 5.89. The van der Waals surface area contributed by atoms with Gasteiger partial charge in [0.05, 0.1) is 14.2 Å². The summed E-state index contributed by atoms with van der Waals surface area (Å²) in [6, 6.07) is 1.72. The zero-order valence-corrected chi connectivity index (χ0v) is 13.8. The van der Waals surface area contributed by atoms with Crippen LogP contribution >= 0.6 is 15.9 Å². The molecule has 0 bridgehead atoms. The zero-order chi connectivity index (χ0) is 15.7. The molecule has 1 aromatic heterocycles. The van der Waals surface area contributed by atoms with Gasteiger partial charge in [-0.2, -0.15) is 0 Å². The molecule has 5 nitrogen and oxygen atoms in total. The minimum absolute atomic E-state index is 0.201. The predicted molar refractivity (Wildman–Crippen MR) is 82.0 cm³/mol. The fourth-order valence-electron chi connectivity index (χ4n) is 2.33. The molecule has 0 spiro atoms. The first kappa shape index (κ1) is 15.6. The molecule has 1 aromatic carbocycles. The zero-order valence-electron chi connectivity index (χ0n) is 12.2. The molecule has 0 N–H and O–H groups in total. The first-order valence-corrected chi connectivity index (χ1v) is 7.36.